The van der Waals surface area contributed by atoms with Gasteiger partial charge in [-0.05, 0) is 42.7 Å². The third-order valence-corrected chi connectivity index (χ3v) is 4.35. The van der Waals surface area contributed by atoms with Crippen molar-refractivity contribution < 1.29 is 23.5 Å². The van der Waals surface area contributed by atoms with Gasteiger partial charge in [-0.3, -0.25) is 9.59 Å². The molecule has 4 nitrogen and oxygen atoms in total. The lowest BCUT2D eigenvalue weighted by Crippen LogP contribution is -2.15. The van der Waals surface area contributed by atoms with E-state index in [2.05, 4.69) is 5.32 Å². The third kappa shape index (κ3) is 4.02. The van der Waals surface area contributed by atoms with E-state index < -0.39 is 29.4 Å². The van der Waals surface area contributed by atoms with E-state index in [-0.39, 0.29) is 17.9 Å². The normalized spacial score (nSPS) is 18.6. The predicted octanol–water partition coefficient (Wildman–Crippen LogP) is 3.72. The van der Waals surface area contributed by atoms with E-state index in [1.165, 1.54) is 18.2 Å². The molecule has 0 heterocycles. The van der Waals surface area contributed by atoms with Gasteiger partial charge in [-0.15, -0.1) is 0 Å². The number of carboxylic acid groups (broad SMARTS) is 1. The monoisotopic (exact) mass is 345 g/mol. The number of anilines is 1. The molecule has 2 aromatic rings. The second-order valence-corrected chi connectivity index (χ2v) is 6.16. The highest BCUT2D eigenvalue weighted by molar-refractivity contribution is 5.95. The summed E-state index contributed by atoms with van der Waals surface area (Å²) in [4.78, 5) is 22.8. The van der Waals surface area contributed by atoms with E-state index in [4.69, 9.17) is 5.11 Å². The number of nitrogens with one attached hydrogen (secondary N) is 1. The first-order valence-electron chi connectivity index (χ1n) is 8.01. The summed E-state index contributed by atoms with van der Waals surface area (Å²) in [7, 11) is 0. The second kappa shape index (κ2) is 7.01. The lowest BCUT2D eigenvalue weighted by Gasteiger charge is -2.07. The van der Waals surface area contributed by atoms with Crippen molar-refractivity contribution >= 4 is 17.6 Å². The van der Waals surface area contributed by atoms with Crippen molar-refractivity contribution in [1.82, 2.24) is 0 Å². The van der Waals surface area contributed by atoms with Crippen LogP contribution in [0, 0.1) is 17.6 Å². The molecule has 1 amide bonds. The molecule has 0 bridgehead atoms. The Morgan fingerprint density at radius 3 is 2.32 bits per heavy atom. The highest BCUT2D eigenvalue weighted by Crippen LogP contribution is 2.49. The number of benzene rings is 2. The predicted molar refractivity (Wildman–Crippen MR) is 88.2 cm³/mol. The molecule has 0 aromatic heterocycles. The fraction of sp³-hybridized carbons (Fsp3) is 0.263. The van der Waals surface area contributed by atoms with Crippen LogP contribution in [-0.2, 0) is 16.0 Å². The lowest BCUT2D eigenvalue weighted by molar-refractivity contribution is -0.137. The number of hydrogen-bond donors (Lipinski definition) is 2. The molecule has 2 aromatic carbocycles. The van der Waals surface area contributed by atoms with Crippen LogP contribution in [0.5, 0.6) is 0 Å². The van der Waals surface area contributed by atoms with E-state index in [0.717, 1.165) is 5.56 Å². The standard InChI is InChI=1S/C19H17F2NO3/c20-15-2-1-3-16(21)18(15)13-10-14(13)19(25)22-12-7-4-11(5-8-12)6-9-17(23)24/h1-5,7-8,13-14H,6,9-10H2,(H,22,25)(H,23,24). The van der Waals surface area contributed by atoms with Crippen LogP contribution < -0.4 is 5.32 Å². The maximum Gasteiger partial charge on any atom is 0.303 e. The van der Waals surface area contributed by atoms with Crippen molar-refractivity contribution in [2.24, 2.45) is 5.92 Å². The van der Waals surface area contributed by atoms with Gasteiger partial charge >= 0.3 is 5.97 Å². The highest BCUT2D eigenvalue weighted by atomic mass is 19.1. The molecule has 3 rings (SSSR count). The Bertz CT molecular complexity index is 785. The highest BCUT2D eigenvalue weighted by Gasteiger charge is 2.46. The lowest BCUT2D eigenvalue weighted by atomic mass is 10.1. The van der Waals surface area contributed by atoms with Gasteiger partial charge < -0.3 is 10.4 Å². The Balaban J connectivity index is 1.59. The minimum atomic E-state index is -0.863. The minimum Gasteiger partial charge on any atom is -0.481 e. The van der Waals surface area contributed by atoms with Crippen LogP contribution in [0.3, 0.4) is 0 Å². The van der Waals surface area contributed by atoms with Gasteiger partial charge in [0.05, 0.1) is 0 Å². The number of aliphatic carboxylic acids is 1. The smallest absolute Gasteiger partial charge is 0.303 e. The van der Waals surface area contributed by atoms with Crippen LogP contribution in [0.1, 0.15) is 29.9 Å². The topological polar surface area (TPSA) is 66.4 Å². The van der Waals surface area contributed by atoms with Gasteiger partial charge in [-0.1, -0.05) is 18.2 Å². The number of carbonyl (C=O) groups is 2. The van der Waals surface area contributed by atoms with Crippen LogP contribution in [0.4, 0.5) is 14.5 Å². The molecule has 1 saturated carbocycles. The number of rotatable bonds is 6. The summed E-state index contributed by atoms with van der Waals surface area (Å²) < 4.78 is 27.5. The number of carbonyl (C=O) groups excluding carboxylic acids is 1. The van der Waals surface area contributed by atoms with E-state index in [9.17, 15) is 18.4 Å². The van der Waals surface area contributed by atoms with Gasteiger partial charge in [-0.2, -0.15) is 0 Å². The fourth-order valence-electron chi connectivity index (χ4n) is 2.91. The molecule has 0 radical (unpaired) electrons. The van der Waals surface area contributed by atoms with Gasteiger partial charge in [0.2, 0.25) is 5.91 Å². The number of halogens is 2. The van der Waals surface area contributed by atoms with Crippen LogP contribution in [0.25, 0.3) is 0 Å². The maximum atomic E-state index is 13.8. The van der Waals surface area contributed by atoms with E-state index >= 15 is 0 Å². The molecule has 2 atom stereocenters. The summed E-state index contributed by atoms with van der Waals surface area (Å²) in [6.45, 7) is 0. The molecule has 25 heavy (non-hydrogen) atoms. The average Bonchev–Trinajstić information content (AvgIpc) is 3.34. The zero-order chi connectivity index (χ0) is 18.0. The quantitative estimate of drug-likeness (QED) is 0.838. The first kappa shape index (κ1) is 17.1. The van der Waals surface area contributed by atoms with Gasteiger partial charge in [0, 0.05) is 29.5 Å². The average molecular weight is 345 g/mol. The largest absolute Gasteiger partial charge is 0.481 e. The number of hydrogen-bond acceptors (Lipinski definition) is 2. The summed E-state index contributed by atoms with van der Waals surface area (Å²) in [6.07, 6.45) is 0.880. The molecular formula is C19H17F2NO3. The van der Waals surface area contributed by atoms with Crippen molar-refractivity contribution in [2.45, 2.75) is 25.2 Å². The summed E-state index contributed by atoms with van der Waals surface area (Å²) >= 11 is 0. The Labute approximate surface area is 143 Å². The van der Waals surface area contributed by atoms with Crippen molar-refractivity contribution in [3.8, 4) is 0 Å². The molecular weight excluding hydrogens is 328 g/mol. The molecule has 2 unspecified atom stereocenters. The molecule has 130 valence electrons. The summed E-state index contributed by atoms with van der Waals surface area (Å²) in [5, 5.41) is 11.4. The Morgan fingerprint density at radius 2 is 1.72 bits per heavy atom. The van der Waals surface area contributed by atoms with Crippen LogP contribution in [-0.4, -0.2) is 17.0 Å². The first-order chi connectivity index (χ1) is 12.0. The molecule has 0 spiro atoms. The maximum absolute atomic E-state index is 13.8. The van der Waals surface area contributed by atoms with Crippen LogP contribution in [0.2, 0.25) is 0 Å². The zero-order valence-corrected chi connectivity index (χ0v) is 13.3. The summed E-state index contributed by atoms with van der Waals surface area (Å²) in [6, 6.07) is 10.6. The van der Waals surface area contributed by atoms with Gasteiger partial charge in [0.1, 0.15) is 11.6 Å². The Hall–Kier alpha value is -2.76. The SMILES string of the molecule is O=C(O)CCc1ccc(NC(=O)C2CC2c2c(F)cccc2F)cc1. The second-order valence-electron chi connectivity index (χ2n) is 6.16. The molecule has 1 aliphatic carbocycles. The van der Waals surface area contributed by atoms with Crippen LogP contribution in [0.15, 0.2) is 42.5 Å². The third-order valence-electron chi connectivity index (χ3n) is 4.35. The molecule has 1 fully saturated rings. The molecule has 1 aliphatic rings. The molecule has 6 heteroatoms. The minimum absolute atomic E-state index is 0.0216. The van der Waals surface area contributed by atoms with Crippen molar-refractivity contribution in [2.75, 3.05) is 5.32 Å². The summed E-state index contributed by atoms with van der Waals surface area (Å²) in [5.41, 5.74) is 1.41. The Morgan fingerprint density at radius 1 is 1.08 bits per heavy atom. The van der Waals surface area contributed by atoms with Gasteiger partial charge in [0.15, 0.2) is 0 Å². The fourth-order valence-corrected chi connectivity index (χ4v) is 2.91. The van der Waals surface area contributed by atoms with Gasteiger partial charge in [-0.25, -0.2) is 8.78 Å². The number of carboxylic acids is 1. The zero-order valence-electron chi connectivity index (χ0n) is 13.3. The molecule has 2 N–H and O–H groups in total. The molecule has 0 aliphatic heterocycles. The first-order valence-corrected chi connectivity index (χ1v) is 8.01. The van der Waals surface area contributed by atoms with Crippen molar-refractivity contribution in [1.29, 1.82) is 0 Å². The van der Waals surface area contributed by atoms with E-state index in [1.54, 1.807) is 24.3 Å². The van der Waals surface area contributed by atoms with E-state index in [0.29, 0.717) is 18.5 Å². The van der Waals surface area contributed by atoms with Crippen molar-refractivity contribution in [3.05, 3.63) is 65.2 Å². The van der Waals surface area contributed by atoms with Gasteiger partial charge in [0.25, 0.3) is 0 Å². The Kier molecular flexibility index (Phi) is 4.79. The number of amides is 1. The van der Waals surface area contributed by atoms with Crippen molar-refractivity contribution in [3.63, 3.8) is 0 Å². The number of aryl methyl sites for hydroxylation is 1. The summed E-state index contributed by atoms with van der Waals surface area (Å²) in [5.74, 6) is -3.26. The van der Waals surface area contributed by atoms with E-state index in [1.807, 2.05) is 0 Å². The van der Waals surface area contributed by atoms with Crippen LogP contribution >= 0.6 is 0 Å². The molecule has 0 saturated heterocycles.